The Hall–Kier alpha value is -1.87. The molecule has 2 heterocycles. The number of amides is 1. The largest absolute Gasteiger partial charge is 0.366 e. The van der Waals surface area contributed by atoms with Gasteiger partial charge in [-0.2, -0.15) is 0 Å². The molecule has 33 heavy (non-hydrogen) atoms. The Morgan fingerprint density at radius 1 is 1.03 bits per heavy atom. The Kier molecular flexibility index (Phi) is 7.48. The van der Waals surface area contributed by atoms with Gasteiger partial charge < -0.3 is 9.80 Å². The summed E-state index contributed by atoms with van der Waals surface area (Å²) in [5.74, 6) is -0.918. The molecule has 1 atom stereocenters. The predicted octanol–water partition coefficient (Wildman–Crippen LogP) is 4.02. The topological polar surface area (TPSA) is 60.9 Å². The van der Waals surface area contributed by atoms with Crippen LogP contribution in [0.3, 0.4) is 0 Å². The normalized spacial score (nSPS) is 20.2. The van der Waals surface area contributed by atoms with Gasteiger partial charge in [0.2, 0.25) is 15.9 Å². The summed E-state index contributed by atoms with van der Waals surface area (Å²) in [6.07, 6.45) is 1.28. The fourth-order valence-electron chi connectivity index (χ4n) is 4.46. The van der Waals surface area contributed by atoms with Gasteiger partial charge in [-0.3, -0.25) is 4.79 Å². The second-order valence-electron chi connectivity index (χ2n) is 8.45. The highest BCUT2D eigenvalue weighted by Gasteiger charge is 2.35. The first-order valence-electron chi connectivity index (χ1n) is 10.9. The molecule has 0 spiro atoms. The monoisotopic (exact) mass is 513 g/mol. The van der Waals surface area contributed by atoms with E-state index in [4.69, 9.17) is 23.2 Å². The third-order valence-electron chi connectivity index (χ3n) is 6.26. The number of nitrogens with zero attached hydrogens (tertiary/aromatic N) is 3. The number of carbonyl (C=O) groups is 1. The van der Waals surface area contributed by atoms with Gasteiger partial charge in [0, 0.05) is 49.3 Å². The van der Waals surface area contributed by atoms with Crippen molar-refractivity contribution in [2.75, 3.05) is 44.2 Å². The van der Waals surface area contributed by atoms with Crippen LogP contribution in [0.15, 0.2) is 42.5 Å². The average Bonchev–Trinajstić information content (AvgIpc) is 2.81. The summed E-state index contributed by atoms with van der Waals surface area (Å²) in [6.45, 7) is 2.60. The molecule has 6 nitrogen and oxygen atoms in total. The van der Waals surface area contributed by atoms with Crippen molar-refractivity contribution in [3.63, 3.8) is 0 Å². The van der Waals surface area contributed by atoms with E-state index < -0.39 is 10.0 Å². The molecule has 2 aliphatic heterocycles. The van der Waals surface area contributed by atoms with Gasteiger partial charge >= 0.3 is 0 Å². The third-order valence-corrected chi connectivity index (χ3v) is 8.65. The molecule has 178 valence electrons. The Balaban J connectivity index is 1.37. The zero-order chi connectivity index (χ0) is 23.6. The summed E-state index contributed by atoms with van der Waals surface area (Å²) in [7, 11) is -3.63. The molecule has 0 aliphatic carbocycles. The van der Waals surface area contributed by atoms with Gasteiger partial charge in [-0.15, -0.1) is 0 Å². The molecule has 0 bridgehead atoms. The molecule has 0 saturated carbocycles. The van der Waals surface area contributed by atoms with Crippen molar-refractivity contribution in [3.05, 3.63) is 63.9 Å². The lowest BCUT2D eigenvalue weighted by molar-refractivity contribution is -0.137. The highest BCUT2D eigenvalue weighted by atomic mass is 35.5. The molecular formula is C23H26Cl2FN3O3S. The minimum Gasteiger partial charge on any atom is -0.366 e. The van der Waals surface area contributed by atoms with E-state index in [0.29, 0.717) is 66.9 Å². The number of piperidine rings is 1. The summed E-state index contributed by atoms with van der Waals surface area (Å²) < 4.78 is 41.6. The van der Waals surface area contributed by atoms with E-state index in [0.717, 1.165) is 0 Å². The van der Waals surface area contributed by atoms with E-state index in [2.05, 4.69) is 0 Å². The molecule has 2 saturated heterocycles. The SMILES string of the molecule is O=C([C@H]1CCCN(S(=O)(=O)Cc2ccc(Cl)cc2Cl)C1)N1CCN(c2ccccc2F)CC1. The maximum absolute atomic E-state index is 14.1. The van der Waals surface area contributed by atoms with Crippen LogP contribution in [0.4, 0.5) is 10.1 Å². The molecule has 0 aromatic heterocycles. The molecule has 4 rings (SSSR count). The van der Waals surface area contributed by atoms with Crippen LogP contribution in [-0.2, 0) is 20.6 Å². The Morgan fingerprint density at radius 2 is 1.76 bits per heavy atom. The van der Waals surface area contributed by atoms with Crippen LogP contribution in [0, 0.1) is 11.7 Å². The van der Waals surface area contributed by atoms with Gasteiger partial charge in [0.05, 0.1) is 17.4 Å². The van der Waals surface area contributed by atoms with Crippen molar-refractivity contribution in [1.82, 2.24) is 9.21 Å². The number of piperazine rings is 1. The molecule has 0 radical (unpaired) electrons. The summed E-state index contributed by atoms with van der Waals surface area (Å²) >= 11 is 12.1. The number of sulfonamides is 1. The number of hydrogen-bond acceptors (Lipinski definition) is 4. The van der Waals surface area contributed by atoms with Crippen molar-refractivity contribution >= 4 is 44.8 Å². The number of rotatable bonds is 5. The number of hydrogen-bond donors (Lipinski definition) is 0. The Bertz CT molecular complexity index is 1120. The van der Waals surface area contributed by atoms with E-state index in [9.17, 15) is 17.6 Å². The van der Waals surface area contributed by atoms with Crippen LogP contribution in [0.25, 0.3) is 0 Å². The zero-order valence-corrected chi connectivity index (χ0v) is 20.4. The van der Waals surface area contributed by atoms with Crippen molar-refractivity contribution in [1.29, 1.82) is 0 Å². The summed E-state index contributed by atoms with van der Waals surface area (Å²) in [6, 6.07) is 11.4. The van der Waals surface area contributed by atoms with E-state index in [-0.39, 0.29) is 29.9 Å². The maximum Gasteiger partial charge on any atom is 0.227 e. The van der Waals surface area contributed by atoms with Gasteiger partial charge in [0.25, 0.3) is 0 Å². The Labute approximate surface area is 203 Å². The van der Waals surface area contributed by atoms with E-state index in [1.807, 2.05) is 4.90 Å². The average molecular weight is 514 g/mol. The van der Waals surface area contributed by atoms with E-state index in [1.54, 1.807) is 35.2 Å². The summed E-state index contributed by atoms with van der Waals surface area (Å²) in [5.41, 5.74) is 1.03. The highest BCUT2D eigenvalue weighted by molar-refractivity contribution is 7.88. The maximum atomic E-state index is 14.1. The number of halogens is 3. The van der Waals surface area contributed by atoms with E-state index >= 15 is 0 Å². The Morgan fingerprint density at radius 3 is 2.45 bits per heavy atom. The fourth-order valence-corrected chi connectivity index (χ4v) is 6.65. The minimum absolute atomic E-state index is 0.0346. The van der Waals surface area contributed by atoms with Crippen LogP contribution in [0.5, 0.6) is 0 Å². The second-order valence-corrected chi connectivity index (χ2v) is 11.3. The lowest BCUT2D eigenvalue weighted by atomic mass is 9.97. The fraction of sp³-hybridized carbons (Fsp3) is 0.435. The minimum atomic E-state index is -3.63. The van der Waals surface area contributed by atoms with E-state index in [1.165, 1.54) is 16.4 Å². The number of para-hydroxylation sites is 1. The molecular weight excluding hydrogens is 488 g/mol. The lowest BCUT2D eigenvalue weighted by Gasteiger charge is -2.39. The van der Waals surface area contributed by atoms with Crippen molar-refractivity contribution in [3.8, 4) is 0 Å². The van der Waals surface area contributed by atoms with Crippen LogP contribution < -0.4 is 4.90 Å². The molecule has 2 fully saturated rings. The number of anilines is 1. The quantitative estimate of drug-likeness (QED) is 0.605. The van der Waals surface area contributed by atoms with Gasteiger partial charge in [-0.1, -0.05) is 41.4 Å². The van der Waals surface area contributed by atoms with Crippen LogP contribution >= 0.6 is 23.2 Å². The van der Waals surface area contributed by atoms with Gasteiger partial charge in [-0.05, 0) is 42.7 Å². The highest BCUT2D eigenvalue weighted by Crippen LogP contribution is 2.28. The van der Waals surface area contributed by atoms with Gasteiger partial charge in [0.1, 0.15) is 5.82 Å². The first kappa shape index (κ1) is 24.3. The predicted molar refractivity (Wildman–Crippen MR) is 129 cm³/mol. The second kappa shape index (κ2) is 10.2. The number of carbonyl (C=O) groups excluding carboxylic acids is 1. The number of benzene rings is 2. The molecule has 0 unspecified atom stereocenters. The first-order chi connectivity index (χ1) is 15.7. The molecule has 0 N–H and O–H groups in total. The summed E-state index contributed by atoms with van der Waals surface area (Å²) in [4.78, 5) is 16.9. The van der Waals surface area contributed by atoms with Gasteiger partial charge in [0.15, 0.2) is 0 Å². The lowest BCUT2D eigenvalue weighted by Crippen LogP contribution is -2.53. The van der Waals surface area contributed by atoms with Crippen LogP contribution in [0.2, 0.25) is 10.0 Å². The standard InChI is InChI=1S/C23H26Cl2FN3O3S/c24-19-8-7-18(20(25)14-19)16-33(31,32)29-9-3-4-17(15-29)23(30)28-12-10-27(11-13-28)22-6-2-1-5-21(22)26/h1-2,5-8,14,17H,3-4,9-13,15-16H2/t17-/m0/s1. The zero-order valence-electron chi connectivity index (χ0n) is 18.1. The third kappa shape index (κ3) is 5.62. The molecule has 2 aromatic rings. The van der Waals surface area contributed by atoms with Gasteiger partial charge in [-0.25, -0.2) is 17.1 Å². The van der Waals surface area contributed by atoms with Crippen LogP contribution in [0.1, 0.15) is 18.4 Å². The van der Waals surface area contributed by atoms with Crippen LogP contribution in [-0.4, -0.2) is 62.8 Å². The summed E-state index contributed by atoms with van der Waals surface area (Å²) in [5, 5.41) is 0.753. The van der Waals surface area contributed by atoms with Crippen molar-refractivity contribution in [2.24, 2.45) is 5.92 Å². The first-order valence-corrected chi connectivity index (χ1v) is 13.3. The molecule has 10 heteroatoms. The molecule has 2 aromatic carbocycles. The van der Waals surface area contributed by atoms with Crippen molar-refractivity contribution < 1.29 is 17.6 Å². The van der Waals surface area contributed by atoms with Crippen molar-refractivity contribution in [2.45, 2.75) is 18.6 Å². The molecule has 2 aliphatic rings. The molecule has 1 amide bonds. The smallest absolute Gasteiger partial charge is 0.227 e.